The molecule has 1 fully saturated rings. The van der Waals surface area contributed by atoms with Crippen LogP contribution in [0.2, 0.25) is 0 Å². The highest BCUT2D eigenvalue weighted by molar-refractivity contribution is 5.98. The summed E-state index contributed by atoms with van der Waals surface area (Å²) in [5, 5.41) is 1.35. The molecular weight excluding hydrogens is 418 g/mol. The number of likely N-dealkylation sites (N-methyl/N-ethyl adjacent to an activating group) is 1. The summed E-state index contributed by atoms with van der Waals surface area (Å²) in [6, 6.07) is 1.94. The second-order valence-corrected chi connectivity index (χ2v) is 5.81. The smallest absolute Gasteiger partial charge is 0.336 e. The molecule has 1 heterocycles. The highest BCUT2D eigenvalue weighted by Crippen LogP contribution is 2.35. The molecule has 2 rings (SSSR count). The molecule has 0 aromatic heterocycles. The van der Waals surface area contributed by atoms with Gasteiger partial charge in [0.2, 0.25) is 0 Å². The summed E-state index contributed by atoms with van der Waals surface area (Å²) in [6.45, 7) is 5.46. The van der Waals surface area contributed by atoms with Gasteiger partial charge in [-0.3, -0.25) is 9.59 Å². The molecule has 2 amide bonds. The number of amides is 2. The summed E-state index contributed by atoms with van der Waals surface area (Å²) in [5.74, 6) is -3.26. The van der Waals surface area contributed by atoms with Crippen LogP contribution in [0.1, 0.15) is 29.8 Å². The number of carbonyl (C=O) groups excluding carboxylic acids is 2. The second-order valence-electron chi connectivity index (χ2n) is 5.81. The van der Waals surface area contributed by atoms with Crippen molar-refractivity contribution in [2.24, 2.45) is 5.73 Å². The van der Waals surface area contributed by atoms with Gasteiger partial charge in [-0.05, 0) is 32.3 Å². The van der Waals surface area contributed by atoms with Crippen molar-refractivity contribution in [3.63, 3.8) is 0 Å². The average Bonchev–Trinajstić information content (AvgIpc) is 2.69. The van der Waals surface area contributed by atoms with Crippen LogP contribution in [0.15, 0.2) is 18.2 Å². The Morgan fingerprint density at radius 3 is 1.90 bits per heavy atom. The van der Waals surface area contributed by atoms with Crippen molar-refractivity contribution in [2.45, 2.75) is 26.2 Å². The van der Waals surface area contributed by atoms with E-state index in [2.05, 4.69) is 5.73 Å². The Kier molecular flexibility index (Phi) is 10.8. The van der Waals surface area contributed by atoms with Crippen molar-refractivity contribution in [3.8, 4) is 0 Å². The molecule has 3 N–H and O–H groups in total. The van der Waals surface area contributed by atoms with Crippen molar-refractivity contribution in [1.29, 1.82) is 0 Å². The largest absolute Gasteiger partial charge is 0.471 e. The quantitative estimate of drug-likeness (QED) is 0.687. The first kappa shape index (κ1) is 27.7. The fraction of sp³-hybridized carbons (Fsp3) is 0.556. The molecule has 30 heavy (non-hydrogen) atoms. The van der Waals surface area contributed by atoms with Crippen LogP contribution in [0.25, 0.3) is 0 Å². The van der Waals surface area contributed by atoms with Crippen molar-refractivity contribution in [2.75, 3.05) is 45.6 Å². The lowest BCUT2D eigenvalue weighted by Gasteiger charge is -2.33. The first-order chi connectivity index (χ1) is 13.9. The Balaban J connectivity index is 0.00000198. The minimum Gasteiger partial charge on any atom is -0.336 e. The number of anilines is 1. The molecule has 1 aromatic carbocycles. The lowest BCUT2D eigenvalue weighted by molar-refractivity contribution is -0.167. The summed E-state index contributed by atoms with van der Waals surface area (Å²) >= 11 is 0. The van der Waals surface area contributed by atoms with E-state index >= 15 is 0 Å². The number of nitrogens with one attached hydrogen (secondary N) is 1. The molecule has 12 heteroatoms. The summed E-state index contributed by atoms with van der Waals surface area (Å²) in [5.41, 5.74) is 1.73. The van der Waals surface area contributed by atoms with Crippen LogP contribution in [-0.4, -0.2) is 68.1 Å². The van der Waals surface area contributed by atoms with E-state index in [9.17, 15) is 35.9 Å². The highest BCUT2D eigenvalue weighted by atomic mass is 19.4. The van der Waals surface area contributed by atoms with Gasteiger partial charge in [0.25, 0.3) is 5.91 Å². The first-order valence-electron chi connectivity index (χ1n) is 9.04. The van der Waals surface area contributed by atoms with Gasteiger partial charge in [-0.25, -0.2) is 0 Å². The zero-order valence-corrected chi connectivity index (χ0v) is 17.1. The summed E-state index contributed by atoms with van der Waals surface area (Å²) < 4.78 is 76.6. The predicted molar refractivity (Wildman–Crippen MR) is 101 cm³/mol. The maximum absolute atomic E-state index is 13.3. The molecule has 1 aromatic rings. The lowest BCUT2D eigenvalue weighted by atomic mass is 10.0. The fourth-order valence-electron chi connectivity index (χ4n) is 2.42. The van der Waals surface area contributed by atoms with Gasteiger partial charge in [0, 0.05) is 31.9 Å². The SMILES string of the molecule is CC.CN.CN1CCN(C(=O)c2ccc(NC(=O)C(F)(F)F)cc2C(F)(F)F)CC1. The molecule has 0 aliphatic carbocycles. The summed E-state index contributed by atoms with van der Waals surface area (Å²) in [6.07, 6.45) is -10.2. The number of rotatable bonds is 2. The maximum atomic E-state index is 13.3. The molecule has 1 saturated heterocycles. The number of nitrogens with two attached hydrogens (primary N) is 1. The van der Waals surface area contributed by atoms with E-state index in [4.69, 9.17) is 0 Å². The Hall–Kier alpha value is -2.34. The van der Waals surface area contributed by atoms with Gasteiger partial charge in [-0.1, -0.05) is 13.8 Å². The highest BCUT2D eigenvalue weighted by Gasteiger charge is 2.40. The number of alkyl halides is 6. The van der Waals surface area contributed by atoms with Crippen LogP contribution in [0.4, 0.5) is 32.0 Å². The number of hydrogen-bond acceptors (Lipinski definition) is 4. The predicted octanol–water partition coefficient (Wildman–Crippen LogP) is 3.19. The number of nitrogens with zero attached hydrogens (tertiary/aromatic N) is 2. The summed E-state index contributed by atoms with van der Waals surface area (Å²) in [7, 11) is 3.31. The van der Waals surface area contributed by atoms with E-state index in [-0.39, 0.29) is 13.1 Å². The molecule has 1 aliphatic rings. The lowest BCUT2D eigenvalue weighted by Crippen LogP contribution is -2.47. The van der Waals surface area contributed by atoms with Gasteiger partial charge in [0.1, 0.15) is 0 Å². The van der Waals surface area contributed by atoms with E-state index in [0.29, 0.717) is 19.2 Å². The Bertz CT molecular complexity index is 699. The molecule has 0 spiro atoms. The van der Waals surface area contributed by atoms with E-state index in [1.807, 2.05) is 18.7 Å². The fourth-order valence-corrected chi connectivity index (χ4v) is 2.42. The van der Waals surface area contributed by atoms with E-state index < -0.39 is 41.0 Å². The van der Waals surface area contributed by atoms with Crippen LogP contribution >= 0.6 is 0 Å². The van der Waals surface area contributed by atoms with Crippen molar-refractivity contribution in [1.82, 2.24) is 9.80 Å². The van der Waals surface area contributed by atoms with Crippen molar-refractivity contribution < 1.29 is 35.9 Å². The molecule has 1 aliphatic heterocycles. The van der Waals surface area contributed by atoms with Gasteiger partial charge in [-0.2, -0.15) is 26.3 Å². The molecule has 6 nitrogen and oxygen atoms in total. The van der Waals surface area contributed by atoms with Crippen molar-refractivity contribution >= 4 is 17.5 Å². The number of benzene rings is 1. The standard InChI is InChI=1S/C15H15F6N3O2.C2H6.CH5N/c1-23-4-6-24(7-5-23)12(25)10-3-2-9(8-11(10)14(16,17)18)22-13(26)15(19,20)21;2*1-2/h2-3,8H,4-7H2,1H3,(H,22,26);1-2H3;2H2,1H3. The monoisotopic (exact) mass is 444 g/mol. The number of hydrogen-bond donors (Lipinski definition) is 2. The minimum absolute atomic E-state index is 0.235. The molecule has 0 saturated carbocycles. The third kappa shape index (κ3) is 7.82. The van der Waals surface area contributed by atoms with Gasteiger partial charge in [-0.15, -0.1) is 0 Å². The van der Waals surface area contributed by atoms with E-state index in [0.717, 1.165) is 12.1 Å². The molecular formula is C18H26F6N4O2. The third-order valence-corrected chi connectivity index (χ3v) is 3.86. The van der Waals surface area contributed by atoms with Crippen LogP contribution < -0.4 is 11.1 Å². The van der Waals surface area contributed by atoms with Gasteiger partial charge >= 0.3 is 18.3 Å². The average molecular weight is 444 g/mol. The topological polar surface area (TPSA) is 78.7 Å². The van der Waals surface area contributed by atoms with Gasteiger partial charge in [0.15, 0.2) is 0 Å². The molecule has 0 bridgehead atoms. The zero-order chi connectivity index (χ0) is 23.7. The zero-order valence-electron chi connectivity index (χ0n) is 17.1. The normalized spacial score (nSPS) is 14.7. The number of piperazine rings is 1. The molecule has 0 radical (unpaired) electrons. The van der Waals surface area contributed by atoms with Crippen LogP contribution in [0.5, 0.6) is 0 Å². The molecule has 172 valence electrons. The molecule has 0 unspecified atom stereocenters. The summed E-state index contributed by atoms with van der Waals surface area (Å²) in [4.78, 5) is 26.5. The third-order valence-electron chi connectivity index (χ3n) is 3.86. The van der Waals surface area contributed by atoms with Crippen LogP contribution in [0, 0.1) is 0 Å². The van der Waals surface area contributed by atoms with Gasteiger partial charge in [0.05, 0.1) is 11.1 Å². The Labute approximate surface area is 171 Å². The van der Waals surface area contributed by atoms with Gasteiger partial charge < -0.3 is 20.9 Å². The maximum Gasteiger partial charge on any atom is 0.471 e. The number of carbonyl (C=O) groups is 2. The number of halogens is 6. The van der Waals surface area contributed by atoms with Crippen LogP contribution in [0.3, 0.4) is 0 Å². The second kappa shape index (κ2) is 11.7. The Morgan fingerprint density at radius 2 is 1.47 bits per heavy atom. The van der Waals surface area contributed by atoms with Crippen LogP contribution in [-0.2, 0) is 11.0 Å². The molecule has 0 atom stereocenters. The van der Waals surface area contributed by atoms with Crippen molar-refractivity contribution in [3.05, 3.63) is 29.3 Å². The Morgan fingerprint density at radius 1 is 0.967 bits per heavy atom. The minimum atomic E-state index is -5.24. The first-order valence-corrected chi connectivity index (χ1v) is 9.04. The van der Waals surface area contributed by atoms with E-state index in [1.165, 1.54) is 17.3 Å². The van der Waals surface area contributed by atoms with E-state index in [1.54, 1.807) is 7.05 Å².